The van der Waals surface area contributed by atoms with Crippen molar-refractivity contribution in [1.82, 2.24) is 17.0 Å². The summed E-state index contributed by atoms with van der Waals surface area (Å²) in [5, 5.41) is 14.2. The molecule has 1 heterocycles. The average Bonchev–Trinajstić information content (AvgIpc) is 3.04. The Kier molecular flexibility index (Phi) is 162. The van der Waals surface area contributed by atoms with Crippen LogP contribution in [-0.4, -0.2) is 34.4 Å². The summed E-state index contributed by atoms with van der Waals surface area (Å²) in [5.74, 6) is 4.60. The molecule has 1 aliphatic rings. The van der Waals surface area contributed by atoms with E-state index in [4.69, 9.17) is 31.5 Å². The fraction of sp³-hybridized carbons (Fsp3) is 1.00. The summed E-state index contributed by atoms with van der Waals surface area (Å²) >= 11 is 0. The molecule has 0 unspecified atom stereocenters. The third kappa shape index (κ3) is 230. The minimum atomic E-state index is 0. The van der Waals surface area contributed by atoms with Crippen LogP contribution in [0.3, 0.4) is 0 Å². The number of hydrazine groups is 1. The van der Waals surface area contributed by atoms with Crippen molar-refractivity contribution in [3.8, 4) is 0 Å². The van der Waals surface area contributed by atoms with Gasteiger partial charge in [0.25, 0.3) is 0 Å². The summed E-state index contributed by atoms with van der Waals surface area (Å²) in [6.07, 6.45) is 2.56. The van der Waals surface area contributed by atoms with Gasteiger partial charge in [0, 0.05) is 36.3 Å². The molecule has 0 atom stereocenters. The maximum absolute atomic E-state index is 8.81. The van der Waals surface area contributed by atoms with Crippen LogP contribution in [0.2, 0.25) is 0 Å². The highest BCUT2D eigenvalue weighted by molar-refractivity contribution is 4.43. The Bertz CT molecular complexity index is 160. The molecular weight excluding hydrogens is 270 g/mol. The summed E-state index contributed by atoms with van der Waals surface area (Å²) in [7, 11) is 4.60. The van der Waals surface area contributed by atoms with Crippen LogP contribution in [0, 0.1) is 21.2 Å². The highest BCUT2D eigenvalue weighted by Gasteiger charge is 1.94. The maximum Gasteiger partial charge on any atom is 0.0493 e. The quantitative estimate of drug-likeness (QED) is 0.0742. The van der Waals surface area contributed by atoms with Gasteiger partial charge in [0.15, 0.2) is 0 Å². The molecule has 0 aromatic carbocycles. The van der Waals surface area contributed by atoms with Gasteiger partial charge in [-0.05, 0) is 37.4 Å². The summed E-state index contributed by atoms with van der Waals surface area (Å²) in [4.78, 5) is 10.6. The first-order valence-electron chi connectivity index (χ1n) is 4.97. The summed E-state index contributed by atoms with van der Waals surface area (Å²) < 4.78 is 4.94. The zero-order valence-electron chi connectivity index (χ0n) is 12.2. The Hall–Kier alpha value is -2.07. The Morgan fingerprint density at radius 2 is 1.50 bits per heavy atom. The third-order valence-electron chi connectivity index (χ3n) is 0.919. The van der Waals surface area contributed by atoms with Gasteiger partial charge in [0.2, 0.25) is 0 Å². The first-order chi connectivity index (χ1) is 9.24. The summed E-state index contributed by atoms with van der Waals surface area (Å²) in [6.45, 7) is 2.00. The van der Waals surface area contributed by atoms with Crippen LogP contribution in [-0.2, 0) is 4.74 Å². The van der Waals surface area contributed by atoms with Crippen molar-refractivity contribution in [2.75, 3.05) is 34.4 Å². The smallest absolute Gasteiger partial charge is 0.0493 e. The van der Waals surface area contributed by atoms with Gasteiger partial charge in [-0.2, -0.15) is 0 Å². The minimum Gasteiger partial charge on any atom is -0.381 e. The van der Waals surface area contributed by atoms with E-state index in [0.29, 0.717) is 0 Å². The van der Waals surface area contributed by atoms with Crippen LogP contribution in [0.1, 0.15) is 12.8 Å². The molecule has 1 saturated heterocycles. The molecule has 1 rings (SSSR count). The summed E-state index contributed by atoms with van der Waals surface area (Å²) in [6, 6.07) is 0. The number of ether oxygens (including phenoxy) is 1. The molecule has 0 aliphatic carbocycles. The number of rotatable bonds is 1. The lowest BCUT2D eigenvalue weighted by atomic mass is 10.4. The fourth-order valence-electron chi connectivity index (χ4n) is 0.510. The predicted octanol–water partition coefficient (Wildman–Crippen LogP) is 0.406. The van der Waals surface area contributed by atoms with Gasteiger partial charge in [-0.1, -0.05) is 0 Å². The number of nitrogens with two attached hydrogens (primary N) is 2. The topological polar surface area (TPSA) is 258 Å². The van der Waals surface area contributed by atoms with Crippen molar-refractivity contribution < 1.29 is 4.74 Å². The SMILES string of the molecule is C1CCOC1.CN.CNN.CNN=O.N.N#N.[N-]=[N+]=N. The number of hydrogen-bond donors (Lipinski definition) is 6. The highest BCUT2D eigenvalue weighted by Crippen LogP contribution is 1.98. The van der Waals surface area contributed by atoms with Crippen molar-refractivity contribution >= 4 is 0 Å². The number of nitrogens with one attached hydrogen (secondary N) is 3. The zero-order valence-corrected chi connectivity index (χ0v) is 12.2. The van der Waals surface area contributed by atoms with Gasteiger partial charge in [0.1, 0.15) is 0 Å². The molecule has 13 heteroatoms. The molecule has 1 fully saturated rings. The second-order valence-electron chi connectivity index (χ2n) is 2.02. The first kappa shape index (κ1) is 36.1. The fourth-order valence-corrected chi connectivity index (χ4v) is 0.510. The molecule has 122 valence electrons. The van der Waals surface area contributed by atoms with Crippen LogP contribution < -0.4 is 28.6 Å². The molecular formula is C7H27N11O2. The van der Waals surface area contributed by atoms with Crippen LogP contribution >= 0.6 is 0 Å². The molecule has 13 nitrogen and oxygen atoms in total. The van der Waals surface area contributed by atoms with E-state index >= 15 is 0 Å². The van der Waals surface area contributed by atoms with E-state index in [-0.39, 0.29) is 6.15 Å². The van der Waals surface area contributed by atoms with Gasteiger partial charge in [-0.25, -0.2) is 0 Å². The van der Waals surface area contributed by atoms with Gasteiger partial charge in [-0.3, -0.25) is 16.7 Å². The highest BCUT2D eigenvalue weighted by atomic mass is 16.5. The molecule has 0 bridgehead atoms. The van der Waals surface area contributed by atoms with E-state index in [2.05, 4.69) is 22.3 Å². The van der Waals surface area contributed by atoms with Gasteiger partial charge < -0.3 is 16.6 Å². The largest absolute Gasteiger partial charge is 0.381 e. The van der Waals surface area contributed by atoms with Crippen molar-refractivity contribution in [2.45, 2.75) is 12.8 Å². The molecule has 0 amide bonds. The summed E-state index contributed by atoms with van der Waals surface area (Å²) in [5.41, 5.74) is 21.0. The Labute approximate surface area is 118 Å². The van der Waals surface area contributed by atoms with E-state index in [1.54, 1.807) is 12.0 Å². The van der Waals surface area contributed by atoms with Crippen molar-refractivity contribution in [3.05, 3.63) is 15.3 Å². The zero-order chi connectivity index (χ0) is 16.4. The Balaban J connectivity index is -0.0000000304. The van der Waals surface area contributed by atoms with Crippen LogP contribution in [0.5, 0.6) is 0 Å². The van der Waals surface area contributed by atoms with E-state index in [1.165, 1.54) is 26.9 Å². The second-order valence-corrected chi connectivity index (χ2v) is 2.02. The lowest BCUT2D eigenvalue weighted by Crippen LogP contribution is -2.13. The van der Waals surface area contributed by atoms with Gasteiger partial charge in [-0.15, -0.1) is 10.4 Å². The van der Waals surface area contributed by atoms with Crippen LogP contribution in [0.15, 0.2) is 5.29 Å². The monoisotopic (exact) mass is 297 g/mol. The molecule has 0 aromatic heterocycles. The predicted molar refractivity (Wildman–Crippen MR) is 76.2 cm³/mol. The second kappa shape index (κ2) is 89.5. The third-order valence-corrected chi connectivity index (χ3v) is 0.919. The minimum absolute atomic E-state index is 0. The lowest BCUT2D eigenvalue weighted by molar-refractivity contribution is 0.198. The van der Waals surface area contributed by atoms with Crippen molar-refractivity contribution in [1.29, 1.82) is 16.3 Å². The molecule has 0 aromatic rings. The molecule has 0 spiro atoms. The van der Waals surface area contributed by atoms with Gasteiger partial charge >= 0.3 is 0 Å². The van der Waals surface area contributed by atoms with E-state index in [1.807, 2.05) is 5.43 Å². The van der Waals surface area contributed by atoms with Crippen molar-refractivity contribution in [2.24, 2.45) is 16.9 Å². The standard InChI is InChI=1S/C4H8O.CH4N2O.CH6N2.CH5N.HN3.N2.H3N/c1-2-4-5-3-1;1-2-3-4;1-3-2;1-2;1-3-2;1-2;/h1-4H2;1H3,(H,2,4);3H,2H2,1H3;2H2,1H3;1H;;1H3. The van der Waals surface area contributed by atoms with E-state index in [0.717, 1.165) is 13.2 Å². The number of nitroso groups, excluding NO2 is 1. The molecule has 0 radical (unpaired) electrons. The maximum atomic E-state index is 8.81. The number of nitrogens with zero attached hydrogens (tertiary/aromatic N) is 5. The van der Waals surface area contributed by atoms with Crippen molar-refractivity contribution in [3.63, 3.8) is 0 Å². The lowest BCUT2D eigenvalue weighted by Gasteiger charge is -1.76. The average molecular weight is 297 g/mol. The molecule has 1 aliphatic heterocycles. The number of hydrogen-bond acceptors (Lipinski definition) is 10. The molecule has 20 heavy (non-hydrogen) atoms. The Morgan fingerprint density at radius 3 is 1.55 bits per heavy atom. The first-order valence-corrected chi connectivity index (χ1v) is 4.97. The van der Waals surface area contributed by atoms with Crippen LogP contribution in [0.4, 0.5) is 0 Å². The Morgan fingerprint density at radius 1 is 1.30 bits per heavy atom. The van der Waals surface area contributed by atoms with Gasteiger partial charge in [0.05, 0.1) is 0 Å². The van der Waals surface area contributed by atoms with E-state index < -0.39 is 0 Å². The molecule has 0 saturated carbocycles. The molecule has 10 N–H and O–H groups in total. The van der Waals surface area contributed by atoms with Crippen LogP contribution in [0.25, 0.3) is 10.4 Å². The van der Waals surface area contributed by atoms with E-state index in [9.17, 15) is 0 Å². The normalized spacial score (nSPS) is 8.75.